The van der Waals surface area contributed by atoms with Gasteiger partial charge in [-0.1, -0.05) is 13.0 Å². The van der Waals surface area contributed by atoms with E-state index in [0.717, 1.165) is 57.4 Å². The summed E-state index contributed by atoms with van der Waals surface area (Å²) in [5.41, 5.74) is 1.04. The van der Waals surface area contributed by atoms with Gasteiger partial charge in [-0.2, -0.15) is 0 Å². The zero-order valence-corrected chi connectivity index (χ0v) is 19.6. The number of hydrogen-bond donors (Lipinski definition) is 1. The van der Waals surface area contributed by atoms with Crippen molar-refractivity contribution in [2.24, 2.45) is 11.8 Å². The van der Waals surface area contributed by atoms with E-state index in [9.17, 15) is 14.7 Å². The second-order valence-electron chi connectivity index (χ2n) is 8.71. The van der Waals surface area contributed by atoms with Gasteiger partial charge >= 0.3 is 5.97 Å². The van der Waals surface area contributed by atoms with Crippen LogP contribution in [0.1, 0.15) is 44.6 Å². The molecule has 0 spiro atoms. The van der Waals surface area contributed by atoms with Crippen molar-refractivity contribution in [2.45, 2.75) is 51.5 Å². The lowest BCUT2D eigenvalue weighted by molar-refractivity contribution is -0.142. The number of piperazine rings is 1. The molecular formula is C23H33BrN2O4. The van der Waals surface area contributed by atoms with Crippen LogP contribution in [0, 0.1) is 11.8 Å². The van der Waals surface area contributed by atoms with Crippen LogP contribution in [0.5, 0.6) is 5.75 Å². The average molecular weight is 481 g/mol. The third-order valence-electron chi connectivity index (χ3n) is 6.62. The maximum Gasteiger partial charge on any atom is 0.305 e. The van der Waals surface area contributed by atoms with Crippen LogP contribution in [0.25, 0.3) is 0 Å². The molecule has 1 aromatic rings. The van der Waals surface area contributed by atoms with E-state index in [0.29, 0.717) is 29.3 Å². The zero-order valence-electron chi connectivity index (χ0n) is 18.0. The average Bonchev–Trinajstić information content (AvgIpc) is 2.76. The minimum absolute atomic E-state index is 0.0817. The monoisotopic (exact) mass is 480 g/mol. The molecule has 166 valence electrons. The van der Waals surface area contributed by atoms with E-state index in [4.69, 9.17) is 4.74 Å². The molecule has 2 aliphatic rings. The Bertz CT molecular complexity index is 741. The molecule has 1 saturated heterocycles. The van der Waals surface area contributed by atoms with Crippen LogP contribution in [0.4, 0.5) is 0 Å². The first-order valence-electron chi connectivity index (χ1n) is 10.9. The molecule has 0 aromatic heterocycles. The van der Waals surface area contributed by atoms with Gasteiger partial charge in [-0.15, -0.1) is 0 Å². The van der Waals surface area contributed by atoms with Gasteiger partial charge in [0.15, 0.2) is 0 Å². The normalized spacial score (nSPS) is 23.8. The third-order valence-corrected chi connectivity index (χ3v) is 7.25. The predicted molar refractivity (Wildman–Crippen MR) is 119 cm³/mol. The summed E-state index contributed by atoms with van der Waals surface area (Å²) in [4.78, 5) is 28.9. The minimum Gasteiger partial charge on any atom is -0.507 e. The molecule has 0 radical (unpaired) electrons. The van der Waals surface area contributed by atoms with Crippen LogP contribution < -0.4 is 0 Å². The molecule has 1 saturated carbocycles. The van der Waals surface area contributed by atoms with Gasteiger partial charge < -0.3 is 14.7 Å². The quantitative estimate of drug-likeness (QED) is 0.629. The Kier molecular flexibility index (Phi) is 8.17. The Morgan fingerprint density at radius 1 is 1.17 bits per heavy atom. The van der Waals surface area contributed by atoms with Crippen molar-refractivity contribution in [1.29, 1.82) is 0 Å². The number of phenols is 1. The molecule has 1 heterocycles. The molecule has 7 heteroatoms. The molecule has 2 fully saturated rings. The number of carbonyl (C=O) groups excluding carboxylic acids is 2. The SMILES string of the molecule is COC(=O)CC1CCC(N2CCN(C(=O)[C@H](C)Cc3ccc(O)c(Br)c3)CC2)CC1. The number of carbonyl (C=O) groups is 2. The maximum absolute atomic E-state index is 12.9. The van der Waals surface area contributed by atoms with Crippen LogP contribution in [0.15, 0.2) is 22.7 Å². The number of methoxy groups -OCH3 is 1. The first-order valence-corrected chi connectivity index (χ1v) is 11.7. The molecule has 3 rings (SSSR count). The van der Waals surface area contributed by atoms with Crippen LogP contribution in [-0.2, 0) is 20.7 Å². The van der Waals surface area contributed by atoms with Crippen molar-refractivity contribution in [3.05, 3.63) is 28.2 Å². The van der Waals surface area contributed by atoms with E-state index in [-0.39, 0.29) is 23.5 Å². The summed E-state index contributed by atoms with van der Waals surface area (Å²) in [6, 6.07) is 5.99. The predicted octanol–water partition coefficient (Wildman–Crippen LogP) is 3.60. The molecule has 6 nitrogen and oxygen atoms in total. The highest BCUT2D eigenvalue weighted by Crippen LogP contribution is 2.31. The molecular weight excluding hydrogens is 448 g/mol. The second kappa shape index (κ2) is 10.6. The van der Waals surface area contributed by atoms with Gasteiger partial charge in [-0.3, -0.25) is 14.5 Å². The number of rotatable bonds is 6. The van der Waals surface area contributed by atoms with Gasteiger partial charge in [0, 0.05) is 44.6 Å². The molecule has 1 N–H and O–H groups in total. The highest BCUT2D eigenvalue weighted by molar-refractivity contribution is 9.10. The van der Waals surface area contributed by atoms with E-state index < -0.39 is 0 Å². The van der Waals surface area contributed by atoms with Gasteiger partial charge in [-0.05, 0) is 71.6 Å². The highest BCUT2D eigenvalue weighted by atomic mass is 79.9. The Morgan fingerprint density at radius 2 is 1.83 bits per heavy atom. The van der Waals surface area contributed by atoms with Crippen molar-refractivity contribution in [3.8, 4) is 5.75 Å². The number of hydrogen-bond acceptors (Lipinski definition) is 5. The summed E-state index contributed by atoms with van der Waals surface area (Å²) in [6.07, 6.45) is 5.63. The Morgan fingerprint density at radius 3 is 2.43 bits per heavy atom. The first kappa shape index (κ1) is 23.1. The number of halogens is 1. The summed E-state index contributed by atoms with van der Waals surface area (Å²) in [5.74, 6) is 0.701. The third kappa shape index (κ3) is 5.97. The zero-order chi connectivity index (χ0) is 21.7. The summed E-state index contributed by atoms with van der Waals surface area (Å²) in [7, 11) is 1.46. The minimum atomic E-state index is -0.0978. The molecule has 1 aromatic carbocycles. The molecule has 0 bridgehead atoms. The maximum atomic E-state index is 12.9. The fraction of sp³-hybridized carbons (Fsp3) is 0.652. The van der Waals surface area contributed by atoms with Gasteiger partial charge in [0.05, 0.1) is 11.6 Å². The number of nitrogens with zero attached hydrogens (tertiary/aromatic N) is 2. The fourth-order valence-electron chi connectivity index (χ4n) is 4.77. The first-order chi connectivity index (χ1) is 14.4. The number of esters is 1. The fourth-order valence-corrected chi connectivity index (χ4v) is 5.20. The van der Waals surface area contributed by atoms with Crippen molar-refractivity contribution >= 4 is 27.8 Å². The smallest absolute Gasteiger partial charge is 0.305 e. The van der Waals surface area contributed by atoms with Crippen molar-refractivity contribution in [3.63, 3.8) is 0 Å². The molecule has 1 amide bonds. The van der Waals surface area contributed by atoms with Crippen molar-refractivity contribution in [2.75, 3.05) is 33.3 Å². The van der Waals surface area contributed by atoms with Gasteiger partial charge in [0.2, 0.25) is 5.91 Å². The van der Waals surface area contributed by atoms with Crippen LogP contribution in [-0.4, -0.2) is 66.1 Å². The standard InChI is InChI=1S/C23H33BrN2O4/c1-16(13-18-5-8-21(27)20(24)14-18)23(29)26-11-9-25(10-12-26)19-6-3-17(4-7-19)15-22(28)30-2/h5,8,14,16-17,19,27H,3-4,6-7,9-13,15H2,1-2H3/t16-,17?,19?/m1/s1. The Labute approximate surface area is 187 Å². The number of aromatic hydroxyl groups is 1. The number of amides is 1. The lowest BCUT2D eigenvalue weighted by Crippen LogP contribution is -2.53. The number of benzene rings is 1. The van der Waals surface area contributed by atoms with Crippen molar-refractivity contribution in [1.82, 2.24) is 9.80 Å². The summed E-state index contributed by atoms with van der Waals surface area (Å²) in [5, 5.41) is 9.64. The topological polar surface area (TPSA) is 70.1 Å². The number of phenolic OH excluding ortho intramolecular Hbond substituents is 1. The molecule has 30 heavy (non-hydrogen) atoms. The van der Waals surface area contributed by atoms with E-state index in [2.05, 4.69) is 20.8 Å². The largest absolute Gasteiger partial charge is 0.507 e. The molecule has 1 atom stereocenters. The lowest BCUT2D eigenvalue weighted by atomic mass is 9.83. The molecule has 0 unspecified atom stereocenters. The van der Waals surface area contributed by atoms with E-state index in [1.165, 1.54) is 7.11 Å². The van der Waals surface area contributed by atoms with Crippen LogP contribution >= 0.6 is 15.9 Å². The van der Waals surface area contributed by atoms with Gasteiger partial charge in [0.25, 0.3) is 0 Å². The second-order valence-corrected chi connectivity index (χ2v) is 9.56. The highest BCUT2D eigenvalue weighted by Gasteiger charge is 2.31. The number of ether oxygens (including phenoxy) is 1. The Balaban J connectivity index is 1.43. The van der Waals surface area contributed by atoms with Crippen LogP contribution in [0.2, 0.25) is 0 Å². The summed E-state index contributed by atoms with van der Waals surface area (Å²) >= 11 is 3.34. The lowest BCUT2D eigenvalue weighted by Gasteiger charge is -2.42. The van der Waals surface area contributed by atoms with E-state index in [1.54, 1.807) is 6.07 Å². The van der Waals surface area contributed by atoms with E-state index in [1.807, 2.05) is 24.0 Å². The van der Waals surface area contributed by atoms with Crippen LogP contribution in [0.3, 0.4) is 0 Å². The Hall–Kier alpha value is -1.60. The van der Waals surface area contributed by atoms with Crippen molar-refractivity contribution < 1.29 is 19.4 Å². The summed E-state index contributed by atoms with van der Waals surface area (Å²) in [6.45, 7) is 5.40. The molecule has 1 aliphatic carbocycles. The van der Waals surface area contributed by atoms with E-state index >= 15 is 0 Å². The van der Waals surface area contributed by atoms with Gasteiger partial charge in [-0.25, -0.2) is 0 Å². The summed E-state index contributed by atoms with van der Waals surface area (Å²) < 4.78 is 5.46. The van der Waals surface area contributed by atoms with Gasteiger partial charge in [0.1, 0.15) is 5.75 Å². The molecule has 1 aliphatic heterocycles.